The predicted molar refractivity (Wildman–Crippen MR) is 117 cm³/mol. The summed E-state index contributed by atoms with van der Waals surface area (Å²) in [6.45, 7) is 6.32. The number of aryl methyl sites for hydroxylation is 1. The van der Waals surface area contributed by atoms with E-state index in [2.05, 4.69) is 43.4 Å². The number of benzene rings is 2. The van der Waals surface area contributed by atoms with Gasteiger partial charge in [0.25, 0.3) is 5.91 Å². The molecule has 0 radical (unpaired) electrons. The molecule has 1 amide bonds. The molecule has 162 valence electrons. The van der Waals surface area contributed by atoms with Crippen molar-refractivity contribution in [2.45, 2.75) is 37.5 Å². The summed E-state index contributed by atoms with van der Waals surface area (Å²) < 4.78 is 32.2. The monoisotopic (exact) mass is 430 g/mol. The van der Waals surface area contributed by atoms with E-state index in [1.807, 2.05) is 0 Å². The molecular formula is C23H30N2O4S. The molecule has 3 rings (SSSR count). The van der Waals surface area contributed by atoms with Gasteiger partial charge in [0.2, 0.25) is 10.0 Å². The number of carbonyl (C=O) groups excluding carboxylic acids is 1. The molecule has 1 fully saturated rings. The molecule has 0 saturated carbocycles. The Morgan fingerprint density at radius 3 is 2.47 bits per heavy atom. The minimum Gasteiger partial charge on any atom is -0.379 e. The van der Waals surface area contributed by atoms with Gasteiger partial charge >= 0.3 is 0 Å². The van der Waals surface area contributed by atoms with Gasteiger partial charge in [-0.25, -0.2) is 8.42 Å². The van der Waals surface area contributed by atoms with Gasteiger partial charge in [0.1, 0.15) is 0 Å². The van der Waals surface area contributed by atoms with Crippen LogP contribution < -0.4 is 5.32 Å². The zero-order chi connectivity index (χ0) is 21.6. The van der Waals surface area contributed by atoms with Crippen LogP contribution in [-0.4, -0.2) is 51.5 Å². The van der Waals surface area contributed by atoms with Crippen LogP contribution in [0.15, 0.2) is 53.4 Å². The second-order valence-corrected chi connectivity index (χ2v) is 9.74. The van der Waals surface area contributed by atoms with Crippen molar-refractivity contribution >= 4 is 15.9 Å². The normalized spacial score (nSPS) is 15.3. The fraction of sp³-hybridized carbons (Fsp3) is 0.435. The van der Waals surface area contributed by atoms with E-state index in [0.29, 0.717) is 44.3 Å². The standard InChI is InChI=1S/C23H30N2O4S/c1-18(2)20-10-8-19(9-11-20)5-4-12-24-23(26)21-6-3-7-22(17-21)30(27,28)25-13-15-29-16-14-25/h3,6-11,17-18H,4-5,12-16H2,1-2H3,(H,24,26). The number of amides is 1. The predicted octanol–water partition coefficient (Wildman–Crippen LogP) is 3.19. The molecule has 1 saturated heterocycles. The average Bonchev–Trinajstić information content (AvgIpc) is 2.77. The minimum absolute atomic E-state index is 0.141. The first-order chi connectivity index (χ1) is 14.4. The summed E-state index contributed by atoms with van der Waals surface area (Å²) in [5.41, 5.74) is 2.91. The molecule has 2 aromatic carbocycles. The van der Waals surface area contributed by atoms with Crippen molar-refractivity contribution in [3.05, 3.63) is 65.2 Å². The number of hydrogen-bond donors (Lipinski definition) is 1. The van der Waals surface area contributed by atoms with Crippen molar-refractivity contribution in [3.8, 4) is 0 Å². The quantitative estimate of drug-likeness (QED) is 0.653. The average molecular weight is 431 g/mol. The Morgan fingerprint density at radius 2 is 1.80 bits per heavy atom. The molecule has 0 aliphatic carbocycles. The van der Waals surface area contributed by atoms with E-state index in [9.17, 15) is 13.2 Å². The van der Waals surface area contributed by atoms with Crippen LogP contribution in [-0.2, 0) is 21.2 Å². The highest BCUT2D eigenvalue weighted by atomic mass is 32.2. The maximum Gasteiger partial charge on any atom is 0.251 e. The van der Waals surface area contributed by atoms with Gasteiger partial charge in [-0.3, -0.25) is 4.79 Å². The largest absolute Gasteiger partial charge is 0.379 e. The molecule has 7 heteroatoms. The van der Waals surface area contributed by atoms with Crippen molar-refractivity contribution in [2.24, 2.45) is 0 Å². The molecule has 0 atom stereocenters. The molecule has 1 aliphatic heterocycles. The van der Waals surface area contributed by atoms with Crippen LogP contribution >= 0.6 is 0 Å². The van der Waals surface area contributed by atoms with Gasteiger partial charge in [-0.1, -0.05) is 44.2 Å². The van der Waals surface area contributed by atoms with Crippen molar-refractivity contribution in [2.75, 3.05) is 32.8 Å². The first kappa shape index (κ1) is 22.5. The Morgan fingerprint density at radius 1 is 1.10 bits per heavy atom. The second-order valence-electron chi connectivity index (χ2n) is 7.80. The molecule has 1 heterocycles. The minimum atomic E-state index is -3.62. The fourth-order valence-electron chi connectivity index (χ4n) is 3.40. The Kier molecular flexibility index (Phi) is 7.64. The highest BCUT2D eigenvalue weighted by Gasteiger charge is 2.26. The SMILES string of the molecule is CC(C)c1ccc(CCCNC(=O)c2cccc(S(=O)(=O)N3CCOCC3)c2)cc1. The molecule has 2 aromatic rings. The summed E-state index contributed by atoms with van der Waals surface area (Å²) >= 11 is 0. The fourth-order valence-corrected chi connectivity index (χ4v) is 4.85. The number of carbonyl (C=O) groups is 1. The summed E-state index contributed by atoms with van der Waals surface area (Å²) in [7, 11) is -3.62. The van der Waals surface area contributed by atoms with Crippen LogP contribution in [0, 0.1) is 0 Å². The zero-order valence-corrected chi connectivity index (χ0v) is 18.5. The van der Waals surface area contributed by atoms with E-state index in [-0.39, 0.29) is 10.8 Å². The summed E-state index contributed by atoms with van der Waals surface area (Å²) in [6, 6.07) is 14.8. The topological polar surface area (TPSA) is 75.7 Å². The van der Waals surface area contributed by atoms with Crippen LogP contribution in [0.25, 0.3) is 0 Å². The molecule has 0 unspecified atom stereocenters. The highest BCUT2D eigenvalue weighted by molar-refractivity contribution is 7.89. The van der Waals surface area contributed by atoms with E-state index in [1.165, 1.54) is 27.6 Å². The number of nitrogens with zero attached hydrogens (tertiary/aromatic N) is 1. The van der Waals surface area contributed by atoms with Crippen molar-refractivity contribution in [1.29, 1.82) is 0 Å². The number of nitrogens with one attached hydrogen (secondary N) is 1. The number of morpholine rings is 1. The maximum atomic E-state index is 12.8. The van der Waals surface area contributed by atoms with E-state index in [1.54, 1.807) is 12.1 Å². The van der Waals surface area contributed by atoms with Crippen molar-refractivity contribution < 1.29 is 17.9 Å². The number of rotatable bonds is 8. The molecule has 0 spiro atoms. The van der Waals surface area contributed by atoms with Crippen molar-refractivity contribution in [1.82, 2.24) is 9.62 Å². The van der Waals surface area contributed by atoms with Crippen LogP contribution in [0.2, 0.25) is 0 Å². The van der Waals surface area contributed by atoms with E-state index >= 15 is 0 Å². The number of ether oxygens (including phenoxy) is 1. The van der Waals surface area contributed by atoms with Gasteiger partial charge in [0.05, 0.1) is 18.1 Å². The summed E-state index contributed by atoms with van der Waals surface area (Å²) in [6.07, 6.45) is 1.70. The van der Waals surface area contributed by atoms with Crippen LogP contribution in [0.1, 0.15) is 47.7 Å². The molecule has 0 aromatic heterocycles. The Hall–Kier alpha value is -2.22. The zero-order valence-electron chi connectivity index (χ0n) is 17.6. The number of hydrogen-bond acceptors (Lipinski definition) is 4. The van der Waals surface area contributed by atoms with Crippen LogP contribution in [0.5, 0.6) is 0 Å². The first-order valence-electron chi connectivity index (χ1n) is 10.4. The van der Waals surface area contributed by atoms with Gasteiger partial charge in [0, 0.05) is 25.2 Å². The van der Waals surface area contributed by atoms with Crippen molar-refractivity contribution in [3.63, 3.8) is 0 Å². The molecule has 0 bridgehead atoms. The first-order valence-corrected chi connectivity index (χ1v) is 11.9. The van der Waals surface area contributed by atoms with Gasteiger partial charge in [-0.2, -0.15) is 4.31 Å². The highest BCUT2D eigenvalue weighted by Crippen LogP contribution is 2.19. The summed E-state index contributed by atoms with van der Waals surface area (Å²) in [5.74, 6) is 0.255. The molecule has 6 nitrogen and oxygen atoms in total. The third-order valence-electron chi connectivity index (χ3n) is 5.28. The summed E-state index contributed by atoms with van der Waals surface area (Å²) in [4.78, 5) is 12.6. The Balaban J connectivity index is 1.53. The number of sulfonamides is 1. The van der Waals surface area contributed by atoms with E-state index in [0.717, 1.165) is 12.8 Å². The molecule has 1 N–H and O–H groups in total. The molecule has 30 heavy (non-hydrogen) atoms. The lowest BCUT2D eigenvalue weighted by atomic mass is 10.0. The second kappa shape index (κ2) is 10.2. The molecule has 1 aliphatic rings. The smallest absolute Gasteiger partial charge is 0.251 e. The lowest BCUT2D eigenvalue weighted by Gasteiger charge is -2.26. The molecular weight excluding hydrogens is 400 g/mol. The summed E-state index contributed by atoms with van der Waals surface area (Å²) in [5, 5.41) is 2.89. The Labute approximate surface area is 179 Å². The van der Waals surface area contributed by atoms with Gasteiger partial charge in [0.15, 0.2) is 0 Å². The Bertz CT molecular complexity index is 949. The third-order valence-corrected chi connectivity index (χ3v) is 7.17. The van der Waals surface area contributed by atoms with Crippen LogP contribution in [0.3, 0.4) is 0 Å². The lowest BCUT2D eigenvalue weighted by molar-refractivity contribution is 0.0730. The lowest BCUT2D eigenvalue weighted by Crippen LogP contribution is -2.40. The van der Waals surface area contributed by atoms with Gasteiger partial charge in [-0.15, -0.1) is 0 Å². The van der Waals surface area contributed by atoms with Crippen LogP contribution in [0.4, 0.5) is 0 Å². The van der Waals surface area contributed by atoms with E-state index in [4.69, 9.17) is 4.74 Å². The maximum absolute atomic E-state index is 12.8. The van der Waals surface area contributed by atoms with E-state index < -0.39 is 10.0 Å². The van der Waals surface area contributed by atoms with Gasteiger partial charge < -0.3 is 10.1 Å². The van der Waals surface area contributed by atoms with Gasteiger partial charge in [-0.05, 0) is 48.1 Å². The third kappa shape index (κ3) is 5.68.